The summed E-state index contributed by atoms with van der Waals surface area (Å²) in [4.78, 5) is 54.2. The van der Waals surface area contributed by atoms with Crippen LogP contribution in [-0.2, 0) is 9.59 Å². The van der Waals surface area contributed by atoms with Crippen molar-refractivity contribution in [1.82, 2.24) is 10.0 Å². The molecule has 2 fully saturated rings. The molecule has 1 saturated heterocycles. The molecule has 4 rings (SSSR count). The monoisotopic (exact) mass is 520 g/mol. The van der Waals surface area contributed by atoms with E-state index < -0.39 is 41.4 Å². The summed E-state index contributed by atoms with van der Waals surface area (Å²) in [6, 6.07) is 11.2. The van der Waals surface area contributed by atoms with Gasteiger partial charge in [0.2, 0.25) is 0 Å². The number of rotatable bonds is 7. The van der Waals surface area contributed by atoms with Crippen LogP contribution in [0.2, 0.25) is 10.0 Å². The summed E-state index contributed by atoms with van der Waals surface area (Å²) in [5.74, 6) is -2.89. The van der Waals surface area contributed by atoms with Gasteiger partial charge in [0.25, 0.3) is 17.7 Å². The number of amides is 3. The van der Waals surface area contributed by atoms with Crippen molar-refractivity contribution in [2.75, 3.05) is 5.88 Å². The zero-order valence-corrected chi connectivity index (χ0v) is 20.5. The molecule has 178 valence electrons. The molecule has 0 aromatic heterocycles. The van der Waals surface area contributed by atoms with E-state index in [1.807, 2.05) is 0 Å². The van der Waals surface area contributed by atoms with E-state index in [9.17, 15) is 19.2 Å². The van der Waals surface area contributed by atoms with Crippen molar-refractivity contribution in [3.63, 3.8) is 0 Å². The van der Waals surface area contributed by atoms with E-state index in [-0.39, 0.29) is 17.9 Å². The van der Waals surface area contributed by atoms with Crippen LogP contribution in [0.1, 0.15) is 52.8 Å². The zero-order valence-electron chi connectivity index (χ0n) is 18.3. The van der Waals surface area contributed by atoms with Crippen molar-refractivity contribution < 1.29 is 19.2 Å². The van der Waals surface area contributed by atoms with Crippen molar-refractivity contribution in [3.05, 3.63) is 69.7 Å². The molecule has 0 unspecified atom stereocenters. The van der Waals surface area contributed by atoms with E-state index in [4.69, 9.17) is 34.8 Å². The predicted molar refractivity (Wildman–Crippen MR) is 130 cm³/mol. The van der Waals surface area contributed by atoms with Crippen molar-refractivity contribution in [1.29, 1.82) is 0 Å². The number of Topliss-reactive ketones (excluding diaryl/α,β-unsaturated/α-hetero) is 1. The molecule has 2 aromatic rings. The Hall–Kier alpha value is -2.41. The van der Waals surface area contributed by atoms with Gasteiger partial charge in [-0.3, -0.25) is 19.2 Å². The molecule has 34 heavy (non-hydrogen) atoms. The summed E-state index contributed by atoms with van der Waals surface area (Å²) in [5, 5.41) is 2.80. The standard InChI is InChI=1S/C25H23Cl3N2O4/c26-14-13-21(22(31)15-5-9-17(27)10-6-15)29(23(32)16-7-11-18(28)12-8-16)30-24(33)19-3-1-2-4-20(19)25(30)34/h5-12,19-21H,1-4,13-14H2/t19-,20+,21-/m0/s1. The summed E-state index contributed by atoms with van der Waals surface area (Å²) >= 11 is 18.0. The van der Waals surface area contributed by atoms with Gasteiger partial charge in [-0.2, -0.15) is 5.01 Å². The molecule has 3 amide bonds. The van der Waals surface area contributed by atoms with Crippen molar-refractivity contribution >= 4 is 58.3 Å². The fraction of sp³-hybridized carbons (Fsp3) is 0.360. The third-order valence-corrected chi connectivity index (χ3v) is 7.16. The largest absolute Gasteiger partial charge is 0.292 e. The number of hydrogen-bond acceptors (Lipinski definition) is 4. The Bertz CT molecular complexity index is 1080. The van der Waals surface area contributed by atoms with Crippen LogP contribution in [0.3, 0.4) is 0 Å². The topological polar surface area (TPSA) is 74.8 Å². The Morgan fingerprint density at radius 2 is 1.32 bits per heavy atom. The third kappa shape index (κ3) is 4.72. The quantitative estimate of drug-likeness (QED) is 0.277. The van der Waals surface area contributed by atoms with Gasteiger partial charge in [0.1, 0.15) is 6.04 Å². The highest BCUT2D eigenvalue weighted by atomic mass is 35.5. The van der Waals surface area contributed by atoms with Gasteiger partial charge in [-0.15, -0.1) is 11.6 Å². The van der Waals surface area contributed by atoms with Gasteiger partial charge in [0.15, 0.2) is 5.78 Å². The summed E-state index contributed by atoms with van der Waals surface area (Å²) in [7, 11) is 0. The Labute approximate surface area is 212 Å². The van der Waals surface area contributed by atoms with E-state index in [0.717, 1.165) is 22.9 Å². The average Bonchev–Trinajstić information content (AvgIpc) is 3.09. The van der Waals surface area contributed by atoms with Gasteiger partial charge in [-0.25, -0.2) is 5.01 Å². The molecule has 9 heteroatoms. The number of hydrazine groups is 1. The van der Waals surface area contributed by atoms with Crippen LogP contribution in [0.5, 0.6) is 0 Å². The molecule has 0 radical (unpaired) electrons. The lowest BCUT2D eigenvalue weighted by Gasteiger charge is -2.36. The Balaban J connectivity index is 1.80. The normalized spacial score (nSPS) is 20.7. The van der Waals surface area contributed by atoms with Crippen LogP contribution >= 0.6 is 34.8 Å². The van der Waals surface area contributed by atoms with Crippen LogP contribution in [0.15, 0.2) is 48.5 Å². The number of carbonyl (C=O) groups is 4. The first-order valence-corrected chi connectivity index (χ1v) is 12.4. The SMILES string of the molecule is O=C(c1ccc(Cl)cc1)[C@H](CCCl)N(C(=O)c1ccc(Cl)cc1)N1C(=O)[C@H]2CCCC[C@H]2C1=O. The summed E-state index contributed by atoms with van der Waals surface area (Å²) in [5.41, 5.74) is 0.494. The highest BCUT2D eigenvalue weighted by Crippen LogP contribution is 2.40. The van der Waals surface area contributed by atoms with Crippen molar-refractivity contribution in [2.45, 2.75) is 38.1 Å². The summed E-state index contributed by atoms with van der Waals surface area (Å²) < 4.78 is 0. The predicted octanol–water partition coefficient (Wildman–Crippen LogP) is 5.41. The molecule has 0 bridgehead atoms. The smallest absolute Gasteiger partial charge is 0.273 e. The minimum atomic E-state index is -1.16. The number of imide groups is 1. The molecule has 2 aliphatic rings. The van der Waals surface area contributed by atoms with Crippen LogP contribution in [0.4, 0.5) is 0 Å². The minimum Gasteiger partial charge on any atom is -0.292 e. The number of nitrogens with zero attached hydrogens (tertiary/aromatic N) is 2. The fourth-order valence-electron chi connectivity index (χ4n) is 4.73. The van der Waals surface area contributed by atoms with E-state index in [0.29, 0.717) is 28.5 Å². The molecule has 1 aliphatic carbocycles. The number of benzene rings is 2. The van der Waals surface area contributed by atoms with Crippen LogP contribution in [0, 0.1) is 11.8 Å². The second kappa shape index (κ2) is 10.5. The van der Waals surface area contributed by atoms with E-state index in [1.54, 1.807) is 24.3 Å². The molecule has 6 nitrogen and oxygen atoms in total. The molecule has 0 spiro atoms. The zero-order chi connectivity index (χ0) is 24.4. The molecule has 1 aliphatic heterocycles. The average molecular weight is 522 g/mol. The highest BCUT2D eigenvalue weighted by molar-refractivity contribution is 6.31. The second-order valence-corrected chi connectivity index (χ2v) is 9.76. The minimum absolute atomic E-state index is 0.0392. The molecular weight excluding hydrogens is 499 g/mol. The summed E-state index contributed by atoms with van der Waals surface area (Å²) in [6.45, 7) is 0. The second-order valence-electron chi connectivity index (χ2n) is 8.51. The lowest BCUT2D eigenvalue weighted by Crippen LogP contribution is -2.57. The van der Waals surface area contributed by atoms with E-state index >= 15 is 0 Å². The molecule has 3 atom stereocenters. The Morgan fingerprint density at radius 3 is 1.79 bits per heavy atom. The van der Waals surface area contributed by atoms with Crippen LogP contribution in [-0.4, -0.2) is 45.4 Å². The van der Waals surface area contributed by atoms with E-state index in [2.05, 4.69) is 0 Å². The molecular formula is C25H23Cl3N2O4. The first kappa shape index (κ1) is 24.7. The number of alkyl halides is 1. The van der Waals surface area contributed by atoms with Crippen LogP contribution in [0.25, 0.3) is 0 Å². The fourth-order valence-corrected chi connectivity index (χ4v) is 5.19. The van der Waals surface area contributed by atoms with Gasteiger partial charge >= 0.3 is 0 Å². The van der Waals surface area contributed by atoms with Gasteiger partial charge in [0, 0.05) is 27.1 Å². The lowest BCUT2D eigenvalue weighted by molar-refractivity contribution is -0.156. The maximum atomic E-state index is 13.8. The highest BCUT2D eigenvalue weighted by Gasteiger charge is 2.53. The molecule has 0 N–H and O–H groups in total. The van der Waals surface area contributed by atoms with Crippen molar-refractivity contribution in [3.8, 4) is 0 Å². The maximum absolute atomic E-state index is 13.8. The van der Waals surface area contributed by atoms with Gasteiger partial charge in [-0.1, -0.05) is 36.0 Å². The number of halogens is 3. The molecule has 1 heterocycles. The van der Waals surface area contributed by atoms with Crippen LogP contribution < -0.4 is 0 Å². The van der Waals surface area contributed by atoms with Gasteiger partial charge in [0.05, 0.1) is 11.8 Å². The lowest BCUT2D eigenvalue weighted by atomic mass is 9.81. The number of ketones is 1. The first-order valence-electron chi connectivity index (χ1n) is 11.2. The number of hydrogen-bond donors (Lipinski definition) is 0. The number of carbonyl (C=O) groups excluding carboxylic acids is 4. The molecule has 1 saturated carbocycles. The van der Waals surface area contributed by atoms with Gasteiger partial charge < -0.3 is 0 Å². The Kier molecular flexibility index (Phi) is 7.60. The first-order chi connectivity index (χ1) is 16.3. The summed E-state index contributed by atoms with van der Waals surface area (Å²) in [6.07, 6.45) is 2.90. The Morgan fingerprint density at radius 1 is 0.853 bits per heavy atom. The maximum Gasteiger partial charge on any atom is 0.273 e. The number of fused-ring (bicyclic) bond motifs is 1. The van der Waals surface area contributed by atoms with Gasteiger partial charge in [-0.05, 0) is 67.8 Å². The third-order valence-electron chi connectivity index (χ3n) is 6.44. The van der Waals surface area contributed by atoms with E-state index in [1.165, 1.54) is 24.3 Å². The van der Waals surface area contributed by atoms with Crippen molar-refractivity contribution in [2.24, 2.45) is 11.8 Å². The molecule has 2 aromatic carbocycles.